The van der Waals surface area contributed by atoms with Crippen LogP contribution >= 0.6 is 46.7 Å². The van der Waals surface area contributed by atoms with Gasteiger partial charge in [-0.15, -0.1) is 4.52 Å². The Morgan fingerprint density at radius 3 is 1.03 bits per heavy atom. The topological polar surface area (TPSA) is 337 Å². The number of hydrogen-bond acceptors (Lipinski definition) is 20. The fourth-order valence-corrected chi connectivity index (χ4v) is 3.30. The van der Waals surface area contributed by atoms with Crippen molar-refractivity contribution in [2.24, 2.45) is 4.99 Å². The minimum atomic E-state index is -3.29. The molecule has 1 aromatic rings. The monoisotopic (exact) mass is 1170 g/mol. The molecular formula is C42H102N4O20P6+2. The standard InChI is InChI=1S/C7H8.C6H17NO4P.C5H14NO3P.C4H6N2O.C3H9O3P.C3H9O2P.2C3H6O.C2H7O3P.C2H7O2P.2C2H6/c1-7-5-3-2-4-6-7;1-7(2,3)6-11-12(8,9-4)10-5;1-6(2,3)5-9-10(4,7)8;1-3-4(7)6-2-5-3;1-5-7(3,4)6-2;1-5-6(2,3)4;2*1-3(2)4;1-5-6(2,3)4;1-5(2,3)4;2*1-2/h2-6H,1H3;6H2,1-5H3;5H2,1-4H3;2H2,1H3,(H,6,7);1-3H3;1-3H3;2*1-2H3;1-2H3,(H,3,4);1-2H3,(H,3,4);2*1-2H3/q;+1;;;;;;;;;;/p+1. The second kappa shape index (κ2) is 52.3. The first-order chi connectivity index (χ1) is 31.9. The van der Waals surface area contributed by atoms with Gasteiger partial charge in [-0.2, -0.15) is 13.6 Å². The molecule has 2 atom stereocenters. The summed E-state index contributed by atoms with van der Waals surface area (Å²) >= 11 is 0. The van der Waals surface area contributed by atoms with Crippen molar-refractivity contribution in [3.8, 4) is 0 Å². The predicted octanol–water partition coefficient (Wildman–Crippen LogP) is 5.28. The zero-order valence-corrected chi connectivity index (χ0v) is 54.7. The third-order valence-electron chi connectivity index (χ3n) is 5.00. The Hall–Kier alpha value is -0.800. The number of quaternary nitrogens is 2. The summed E-state index contributed by atoms with van der Waals surface area (Å²) in [6.07, 6.45) is 0. The minimum absolute atomic E-state index is 0.0417. The maximum Gasteiger partial charge on any atom is 0.386 e. The number of rotatable bonds is 12. The molecule has 0 bridgehead atoms. The summed E-state index contributed by atoms with van der Waals surface area (Å²) in [4.78, 5) is 100. The van der Waals surface area contributed by atoms with Crippen LogP contribution in [0.3, 0.4) is 0 Å². The molecule has 4 N–H and O–H groups in total. The third-order valence-corrected chi connectivity index (χ3v) is 9.81. The summed E-state index contributed by atoms with van der Waals surface area (Å²) < 4.78 is 57.4. The summed E-state index contributed by atoms with van der Waals surface area (Å²) in [6, 6.07) is 10.3. The zero-order valence-electron chi connectivity index (χ0n) is 49.3. The lowest BCUT2D eigenvalue weighted by atomic mass is 10.2. The Labute approximate surface area is 438 Å². The summed E-state index contributed by atoms with van der Waals surface area (Å²) in [7, 11) is 2.16. The number of nitrogens with zero attached hydrogens (tertiary/aromatic N) is 3. The number of nitrogens with one attached hydrogen (secondary N) is 1. The van der Waals surface area contributed by atoms with Crippen LogP contribution in [-0.2, 0) is 59.7 Å². The normalized spacial score (nSPS) is 13.1. The van der Waals surface area contributed by atoms with Crippen molar-refractivity contribution in [3.05, 3.63) is 35.9 Å². The number of hydrogen-bond donors (Lipinski definition) is 4. The summed E-state index contributed by atoms with van der Waals surface area (Å²) in [5.41, 5.74) is 1.91. The zero-order chi connectivity index (χ0) is 60.6. The van der Waals surface area contributed by atoms with Crippen LogP contribution in [0.25, 0.3) is 0 Å². The van der Waals surface area contributed by atoms with Crippen molar-refractivity contribution in [1.82, 2.24) is 5.32 Å². The van der Waals surface area contributed by atoms with Gasteiger partial charge in [-0.25, -0.2) is 23.4 Å². The maximum atomic E-state index is 11.3. The lowest BCUT2D eigenvalue weighted by Crippen LogP contribution is -2.37. The van der Waals surface area contributed by atoms with Crippen molar-refractivity contribution in [2.75, 3.05) is 152 Å². The Morgan fingerprint density at radius 1 is 0.653 bits per heavy atom. The van der Waals surface area contributed by atoms with E-state index in [1.165, 1.54) is 103 Å². The molecule has 1 aromatic carbocycles. The quantitative estimate of drug-likeness (QED) is 0.117. The van der Waals surface area contributed by atoms with Crippen LogP contribution in [0.2, 0.25) is 0 Å². The van der Waals surface area contributed by atoms with Crippen LogP contribution < -0.4 is 24.9 Å². The summed E-state index contributed by atoms with van der Waals surface area (Å²) in [5, 5.41) is 2.53. The molecular weight excluding hydrogens is 1070 g/mol. The average molecular weight is 1170 g/mol. The molecule has 1 amide bonds. The number of amides is 1. The number of phosphoric ester groups is 1. The molecule has 1 heterocycles. The highest BCUT2D eigenvalue weighted by Crippen LogP contribution is 2.52. The number of aryl methyl sites for hydroxylation is 1. The van der Waals surface area contributed by atoms with E-state index < -0.39 is 46.7 Å². The molecule has 0 radical (unpaired) electrons. The second-order valence-corrected chi connectivity index (χ2v) is 29.9. The highest BCUT2D eigenvalue weighted by atomic mass is 31.2. The smallest absolute Gasteiger partial charge is 0.386 e. The Kier molecular flexibility index (Phi) is 68.0. The molecule has 0 saturated carbocycles. The molecule has 2 unspecified atom stereocenters. The van der Waals surface area contributed by atoms with E-state index >= 15 is 0 Å². The number of carbonyl (C=O) groups is 3. The predicted molar refractivity (Wildman–Crippen MR) is 294 cm³/mol. The number of benzene rings is 1. The Balaban J connectivity index is -0.0000000747. The first-order valence-corrected chi connectivity index (χ1v) is 34.1. The van der Waals surface area contributed by atoms with Gasteiger partial charge in [0.2, 0.25) is 37.3 Å². The van der Waals surface area contributed by atoms with Crippen LogP contribution in [0.1, 0.15) is 67.9 Å². The van der Waals surface area contributed by atoms with Crippen molar-refractivity contribution in [1.29, 1.82) is 0 Å². The van der Waals surface area contributed by atoms with E-state index in [9.17, 15) is 43.1 Å². The van der Waals surface area contributed by atoms with Crippen molar-refractivity contribution in [3.63, 3.8) is 0 Å². The van der Waals surface area contributed by atoms with Crippen molar-refractivity contribution < 1.29 is 103 Å². The molecule has 438 valence electrons. The fraction of sp³-hybridized carbons (Fsp3) is 0.762. The SMILES string of the molecule is CC.CC.CC(C)=O.CC(C)=O.CC1=NCNC1=O.COP(C)(C)=O.CO[P+](C)([O-])O.CO[P+](C)([O-])OC.CO[P+]([O-])(OC)OC[N+](C)(C)C.CP(C)(=O)O.C[N+](C)(C)CO[P+](C)([O-])O.Cc1ccccc1. The van der Waals surface area contributed by atoms with Gasteiger partial charge >= 0.3 is 8.17 Å². The highest BCUT2D eigenvalue weighted by Gasteiger charge is 2.32. The van der Waals surface area contributed by atoms with Crippen LogP contribution in [0.15, 0.2) is 35.3 Å². The van der Waals surface area contributed by atoms with E-state index in [-0.39, 0.29) is 30.9 Å². The lowest BCUT2D eigenvalue weighted by molar-refractivity contribution is -0.887. The molecule has 0 saturated heterocycles. The van der Waals surface area contributed by atoms with Gasteiger partial charge in [-0.3, -0.25) is 18.9 Å². The number of carbonyl (C=O) groups excluding carboxylic acids is 3. The average Bonchev–Trinajstić information content (AvgIpc) is 3.61. The molecule has 0 spiro atoms. The number of aliphatic imine (C=N–C) groups is 1. The molecule has 24 nitrogen and oxygen atoms in total. The maximum absolute atomic E-state index is 11.3. The van der Waals surface area contributed by atoms with Gasteiger partial charge in [0.05, 0.1) is 104 Å². The van der Waals surface area contributed by atoms with Crippen LogP contribution in [0, 0.1) is 6.92 Å². The molecule has 0 aromatic heterocycles. The van der Waals surface area contributed by atoms with Gasteiger partial charge in [0, 0.05) is 33.8 Å². The molecule has 2 rings (SSSR count). The van der Waals surface area contributed by atoms with Crippen molar-refractivity contribution in [2.45, 2.75) is 69.2 Å². The Bertz CT molecular complexity index is 1480. The van der Waals surface area contributed by atoms with E-state index in [0.717, 1.165) is 6.66 Å². The molecule has 72 heavy (non-hydrogen) atoms. The second-order valence-electron chi connectivity index (χ2n) is 16.4. The van der Waals surface area contributed by atoms with Gasteiger partial charge in [0.1, 0.15) is 18.2 Å². The van der Waals surface area contributed by atoms with E-state index in [0.29, 0.717) is 21.3 Å². The number of Topliss-reactive ketones (excluding diaryl/α,β-unsaturated/α-hetero) is 2. The summed E-state index contributed by atoms with van der Waals surface area (Å²) in [5.74, 6) is 0.292. The van der Waals surface area contributed by atoms with Gasteiger partial charge in [0.15, 0.2) is 14.7 Å². The van der Waals surface area contributed by atoms with Gasteiger partial charge in [-0.05, 0) is 41.5 Å². The number of phosphoric acid groups is 1. The lowest BCUT2D eigenvalue weighted by Gasteiger charge is -2.27. The van der Waals surface area contributed by atoms with Crippen molar-refractivity contribution >= 4 is 69.9 Å². The molecule has 30 heteroatoms. The van der Waals surface area contributed by atoms with E-state index in [1.807, 2.05) is 88.2 Å². The molecule has 1 aliphatic rings. The van der Waals surface area contributed by atoms with E-state index in [4.69, 9.17) is 19.2 Å². The fourth-order valence-electron chi connectivity index (χ4n) is 1.74. The van der Waals surface area contributed by atoms with Crippen LogP contribution in [0.4, 0.5) is 0 Å². The largest absolute Gasteiger partial charge is 0.632 e. The first-order valence-electron chi connectivity index (χ1n) is 21.5. The minimum Gasteiger partial charge on any atom is -0.632 e. The third kappa shape index (κ3) is 133. The van der Waals surface area contributed by atoms with Gasteiger partial charge in [-0.1, -0.05) is 63.6 Å². The van der Waals surface area contributed by atoms with E-state index in [2.05, 4.69) is 61.0 Å². The van der Waals surface area contributed by atoms with Gasteiger partial charge < -0.3 is 52.9 Å². The Morgan fingerprint density at radius 2 is 0.931 bits per heavy atom. The number of ketones is 2. The highest BCUT2D eigenvalue weighted by molar-refractivity contribution is 7.58. The van der Waals surface area contributed by atoms with Crippen LogP contribution in [0.5, 0.6) is 0 Å². The van der Waals surface area contributed by atoms with Crippen LogP contribution in [-0.4, -0.2) is 199 Å². The van der Waals surface area contributed by atoms with E-state index in [1.54, 1.807) is 20.3 Å². The first kappa shape index (κ1) is 93.7. The summed E-state index contributed by atoms with van der Waals surface area (Å²) in [6.45, 7) is 28.4. The molecule has 0 fully saturated rings. The molecule has 0 aliphatic carbocycles. The van der Waals surface area contributed by atoms with Gasteiger partial charge in [0.25, 0.3) is 5.91 Å². The molecule has 1 aliphatic heterocycles.